The van der Waals surface area contributed by atoms with Crippen LogP contribution in [0, 0.1) is 6.92 Å². The van der Waals surface area contributed by atoms with Crippen LogP contribution in [-0.2, 0) is 6.42 Å². The predicted molar refractivity (Wildman–Crippen MR) is 102 cm³/mol. The SMILES string of the molecule is Cc1cc(NCCN(C)C)nc(NCCc2ccc(Cl)cc2Cl)n1. The van der Waals surface area contributed by atoms with Gasteiger partial charge in [-0.25, -0.2) is 4.98 Å². The monoisotopic (exact) mass is 367 g/mol. The van der Waals surface area contributed by atoms with Crippen LogP contribution in [0.25, 0.3) is 0 Å². The van der Waals surface area contributed by atoms with E-state index >= 15 is 0 Å². The Bertz CT molecular complexity index is 676. The van der Waals surface area contributed by atoms with E-state index in [1.54, 1.807) is 6.07 Å². The highest BCUT2D eigenvalue weighted by Crippen LogP contribution is 2.21. The molecule has 2 aromatic rings. The van der Waals surface area contributed by atoms with E-state index in [1.165, 1.54) is 0 Å². The summed E-state index contributed by atoms with van der Waals surface area (Å²) in [5.74, 6) is 1.45. The normalized spacial score (nSPS) is 10.9. The first-order valence-electron chi connectivity index (χ1n) is 7.86. The van der Waals surface area contributed by atoms with Gasteiger partial charge in [0.05, 0.1) is 0 Å². The molecule has 130 valence electrons. The molecule has 0 saturated carbocycles. The molecule has 0 amide bonds. The third kappa shape index (κ3) is 6.15. The topological polar surface area (TPSA) is 53.1 Å². The first-order chi connectivity index (χ1) is 11.4. The molecule has 0 saturated heterocycles. The standard InChI is InChI=1S/C17H23Cl2N5/c1-12-10-16(20-8-9-24(2)3)23-17(22-12)21-7-6-13-4-5-14(18)11-15(13)19/h4-5,10-11H,6-9H2,1-3H3,(H2,20,21,22,23). The fourth-order valence-electron chi connectivity index (χ4n) is 2.18. The third-order valence-corrected chi connectivity index (χ3v) is 4.00. The van der Waals surface area contributed by atoms with Gasteiger partial charge in [0.15, 0.2) is 0 Å². The van der Waals surface area contributed by atoms with Crippen molar-refractivity contribution >= 4 is 35.0 Å². The second-order valence-electron chi connectivity index (χ2n) is 5.86. The van der Waals surface area contributed by atoms with Crippen LogP contribution in [-0.4, -0.2) is 48.6 Å². The fourth-order valence-corrected chi connectivity index (χ4v) is 2.68. The summed E-state index contributed by atoms with van der Waals surface area (Å²) in [5, 5.41) is 7.89. The first-order valence-corrected chi connectivity index (χ1v) is 8.62. The Kier molecular flexibility index (Phi) is 7.09. The minimum absolute atomic E-state index is 0.618. The summed E-state index contributed by atoms with van der Waals surface area (Å²) >= 11 is 12.1. The van der Waals surface area contributed by atoms with Crippen molar-refractivity contribution in [1.29, 1.82) is 0 Å². The number of halogens is 2. The first kappa shape index (κ1) is 18.8. The molecule has 0 aliphatic heterocycles. The van der Waals surface area contributed by atoms with Crippen molar-refractivity contribution in [3.63, 3.8) is 0 Å². The highest BCUT2D eigenvalue weighted by Gasteiger charge is 2.04. The van der Waals surface area contributed by atoms with Crippen LogP contribution in [0.3, 0.4) is 0 Å². The lowest BCUT2D eigenvalue weighted by molar-refractivity contribution is 0.425. The van der Waals surface area contributed by atoms with Crippen LogP contribution < -0.4 is 10.6 Å². The Hall–Kier alpha value is -1.56. The number of aromatic nitrogens is 2. The number of aryl methyl sites for hydroxylation is 1. The summed E-state index contributed by atoms with van der Waals surface area (Å²) in [7, 11) is 4.09. The van der Waals surface area contributed by atoms with E-state index < -0.39 is 0 Å². The van der Waals surface area contributed by atoms with Crippen molar-refractivity contribution in [2.24, 2.45) is 0 Å². The average molecular weight is 368 g/mol. The van der Waals surface area contributed by atoms with E-state index in [1.807, 2.05) is 39.2 Å². The molecule has 0 spiro atoms. The molecule has 0 fully saturated rings. The molecule has 0 aliphatic carbocycles. The Morgan fingerprint density at radius 3 is 2.54 bits per heavy atom. The lowest BCUT2D eigenvalue weighted by atomic mass is 10.1. The molecule has 0 aliphatic rings. The van der Waals surface area contributed by atoms with Crippen LogP contribution >= 0.6 is 23.2 Å². The van der Waals surface area contributed by atoms with Gasteiger partial charge in [0.1, 0.15) is 5.82 Å². The van der Waals surface area contributed by atoms with Gasteiger partial charge < -0.3 is 15.5 Å². The van der Waals surface area contributed by atoms with Gasteiger partial charge in [0, 0.05) is 41.4 Å². The molecule has 2 rings (SSSR count). The zero-order valence-corrected chi connectivity index (χ0v) is 15.7. The number of nitrogens with one attached hydrogen (secondary N) is 2. The van der Waals surface area contributed by atoms with E-state index in [2.05, 4.69) is 25.5 Å². The van der Waals surface area contributed by atoms with Gasteiger partial charge >= 0.3 is 0 Å². The molecule has 0 radical (unpaired) electrons. The van der Waals surface area contributed by atoms with Crippen molar-refractivity contribution < 1.29 is 0 Å². The molecule has 1 aromatic carbocycles. The van der Waals surface area contributed by atoms with E-state index in [9.17, 15) is 0 Å². The van der Waals surface area contributed by atoms with Gasteiger partial charge in [-0.1, -0.05) is 29.3 Å². The number of likely N-dealkylation sites (N-methyl/N-ethyl adjacent to an activating group) is 1. The summed E-state index contributed by atoms with van der Waals surface area (Å²) in [6.07, 6.45) is 0.774. The quantitative estimate of drug-likeness (QED) is 0.744. The minimum Gasteiger partial charge on any atom is -0.369 e. The molecule has 24 heavy (non-hydrogen) atoms. The predicted octanol–water partition coefficient (Wildman–Crippen LogP) is 3.72. The molecule has 2 N–H and O–H groups in total. The summed E-state index contributed by atoms with van der Waals surface area (Å²) < 4.78 is 0. The largest absolute Gasteiger partial charge is 0.369 e. The maximum Gasteiger partial charge on any atom is 0.224 e. The summed E-state index contributed by atoms with van der Waals surface area (Å²) in [5.41, 5.74) is 1.97. The highest BCUT2D eigenvalue weighted by molar-refractivity contribution is 6.35. The number of rotatable bonds is 8. The number of hydrogen-bond donors (Lipinski definition) is 2. The maximum atomic E-state index is 6.19. The van der Waals surface area contributed by atoms with Crippen molar-refractivity contribution in [3.05, 3.63) is 45.6 Å². The molecule has 0 bridgehead atoms. The Balaban J connectivity index is 1.90. The fraction of sp³-hybridized carbons (Fsp3) is 0.412. The lowest BCUT2D eigenvalue weighted by Gasteiger charge is -2.12. The van der Waals surface area contributed by atoms with Gasteiger partial charge in [-0.15, -0.1) is 0 Å². The van der Waals surface area contributed by atoms with Crippen LogP contribution in [0.4, 0.5) is 11.8 Å². The highest BCUT2D eigenvalue weighted by atomic mass is 35.5. The molecular formula is C17H23Cl2N5. The zero-order chi connectivity index (χ0) is 17.5. The number of nitrogens with zero attached hydrogens (tertiary/aromatic N) is 3. The van der Waals surface area contributed by atoms with E-state index in [-0.39, 0.29) is 0 Å². The molecule has 5 nitrogen and oxygen atoms in total. The maximum absolute atomic E-state index is 6.19. The van der Waals surface area contributed by atoms with Gasteiger partial charge in [-0.2, -0.15) is 4.98 Å². The molecule has 0 atom stereocenters. The number of anilines is 2. The molecule has 0 unspecified atom stereocenters. The van der Waals surface area contributed by atoms with Crippen molar-refractivity contribution in [3.8, 4) is 0 Å². The zero-order valence-electron chi connectivity index (χ0n) is 14.2. The molecule has 7 heteroatoms. The van der Waals surface area contributed by atoms with Crippen molar-refractivity contribution in [2.45, 2.75) is 13.3 Å². The summed E-state index contributed by atoms with van der Waals surface area (Å²) in [6, 6.07) is 7.49. The van der Waals surface area contributed by atoms with Gasteiger partial charge in [-0.3, -0.25) is 0 Å². The Morgan fingerprint density at radius 1 is 1.04 bits per heavy atom. The lowest BCUT2D eigenvalue weighted by Crippen LogP contribution is -2.21. The second kappa shape index (κ2) is 9.06. The van der Waals surface area contributed by atoms with E-state index in [0.29, 0.717) is 22.5 Å². The van der Waals surface area contributed by atoms with Gasteiger partial charge in [-0.05, 0) is 45.1 Å². The average Bonchev–Trinajstić information content (AvgIpc) is 2.48. The summed E-state index contributed by atoms with van der Waals surface area (Å²) in [6.45, 7) is 4.44. The minimum atomic E-state index is 0.618. The smallest absolute Gasteiger partial charge is 0.224 e. The number of benzene rings is 1. The summed E-state index contributed by atoms with van der Waals surface area (Å²) in [4.78, 5) is 11.0. The molecular weight excluding hydrogens is 345 g/mol. The van der Waals surface area contributed by atoms with Gasteiger partial charge in [0.25, 0.3) is 0 Å². The van der Waals surface area contributed by atoms with Crippen LogP contribution in [0.5, 0.6) is 0 Å². The Labute approximate surface area is 153 Å². The van der Waals surface area contributed by atoms with Crippen molar-refractivity contribution in [1.82, 2.24) is 14.9 Å². The molecule has 1 heterocycles. The van der Waals surface area contributed by atoms with Crippen LogP contribution in [0.15, 0.2) is 24.3 Å². The Morgan fingerprint density at radius 2 is 1.83 bits per heavy atom. The van der Waals surface area contributed by atoms with Gasteiger partial charge in [0.2, 0.25) is 5.95 Å². The van der Waals surface area contributed by atoms with Crippen LogP contribution in [0.2, 0.25) is 10.0 Å². The van der Waals surface area contributed by atoms with E-state index in [0.717, 1.165) is 36.6 Å². The molecule has 1 aromatic heterocycles. The van der Waals surface area contributed by atoms with Crippen LogP contribution in [0.1, 0.15) is 11.3 Å². The number of hydrogen-bond acceptors (Lipinski definition) is 5. The third-order valence-electron chi connectivity index (χ3n) is 3.41. The second-order valence-corrected chi connectivity index (χ2v) is 6.70. The van der Waals surface area contributed by atoms with Crippen molar-refractivity contribution in [2.75, 3.05) is 44.4 Å². The van der Waals surface area contributed by atoms with E-state index in [4.69, 9.17) is 23.2 Å².